The quantitative estimate of drug-likeness (QED) is 0.0574. The first-order valence-electron chi connectivity index (χ1n) is 24.2. The predicted octanol–water partition coefficient (Wildman–Crippen LogP) is 9.95. The van der Waals surface area contributed by atoms with Crippen molar-refractivity contribution in [3.05, 3.63) is 214 Å². The number of carbonyl (C=O) groups is 3. The van der Waals surface area contributed by atoms with E-state index in [9.17, 15) is 9.59 Å². The molecule has 8 rings (SSSR count). The van der Waals surface area contributed by atoms with Gasteiger partial charge >= 0.3 is 12.1 Å². The van der Waals surface area contributed by atoms with E-state index in [1.54, 1.807) is 35.4 Å². The number of imidazole rings is 1. The zero-order valence-corrected chi connectivity index (χ0v) is 42.1. The van der Waals surface area contributed by atoms with Gasteiger partial charge in [-0.2, -0.15) is 0 Å². The van der Waals surface area contributed by atoms with E-state index in [1.807, 2.05) is 128 Å². The molecule has 0 radical (unpaired) electrons. The molecule has 4 unspecified atom stereocenters. The number of thioether (sulfide) groups is 1. The Morgan fingerprint density at radius 2 is 1.27 bits per heavy atom. The first-order valence-corrected chi connectivity index (χ1v) is 26.1. The summed E-state index contributed by atoms with van der Waals surface area (Å²) in [6, 6.07) is 49.0. The number of nitrogens with one attached hydrogen (secondary N) is 3. The summed E-state index contributed by atoms with van der Waals surface area (Å²) in [7, 11) is 1.75. The molecular weight excluding hydrogens is 925 g/mol. The van der Waals surface area contributed by atoms with Crippen LogP contribution in [0.2, 0.25) is 0 Å². The number of carbonyl (C=O) groups excluding carboxylic acids is 3. The molecule has 1 aliphatic rings. The van der Waals surface area contributed by atoms with Crippen LogP contribution in [0.1, 0.15) is 65.1 Å². The monoisotopic (exact) mass is 986 g/mol. The van der Waals surface area contributed by atoms with Gasteiger partial charge in [0.25, 0.3) is 0 Å². The van der Waals surface area contributed by atoms with Gasteiger partial charge in [-0.25, -0.2) is 14.6 Å². The number of alkyl carbamates (subject to hydrolysis) is 1. The molecule has 4 amide bonds. The van der Waals surface area contributed by atoms with E-state index >= 15 is 4.79 Å². The van der Waals surface area contributed by atoms with Gasteiger partial charge in [0.1, 0.15) is 18.2 Å². The third-order valence-electron chi connectivity index (χ3n) is 12.7. The molecule has 0 spiro atoms. The van der Waals surface area contributed by atoms with E-state index in [4.69, 9.17) is 14.7 Å². The van der Waals surface area contributed by atoms with Crippen LogP contribution in [0.4, 0.5) is 9.59 Å². The zero-order chi connectivity index (χ0) is 49.4. The summed E-state index contributed by atoms with van der Waals surface area (Å²) >= 11 is 3.16. The second-order valence-electron chi connectivity index (χ2n) is 18.3. The van der Waals surface area contributed by atoms with E-state index < -0.39 is 17.7 Å². The van der Waals surface area contributed by atoms with Crippen molar-refractivity contribution in [2.24, 2.45) is 10.9 Å². The Labute approximate surface area is 425 Å². The van der Waals surface area contributed by atoms with Crippen LogP contribution in [0.3, 0.4) is 0 Å². The molecule has 71 heavy (non-hydrogen) atoms. The highest BCUT2D eigenvalue weighted by molar-refractivity contribution is 8.14. The van der Waals surface area contributed by atoms with Crippen molar-refractivity contribution in [1.82, 2.24) is 35.4 Å². The van der Waals surface area contributed by atoms with Gasteiger partial charge in [-0.05, 0) is 53.5 Å². The van der Waals surface area contributed by atoms with Gasteiger partial charge in [-0.1, -0.05) is 166 Å². The maximum atomic E-state index is 15.1. The highest BCUT2D eigenvalue weighted by Gasteiger charge is 2.39. The minimum absolute atomic E-state index is 0.0455. The van der Waals surface area contributed by atoms with E-state index in [-0.39, 0.29) is 43.1 Å². The van der Waals surface area contributed by atoms with Gasteiger partial charge in [0, 0.05) is 56.2 Å². The number of hydrogen-bond acceptors (Lipinski definition) is 9. The lowest BCUT2D eigenvalue weighted by atomic mass is 9.77. The average molecular weight is 987 g/mol. The second kappa shape index (κ2) is 24.7. The second-order valence-corrected chi connectivity index (χ2v) is 20.3. The van der Waals surface area contributed by atoms with Crippen LogP contribution >= 0.6 is 23.1 Å². The summed E-state index contributed by atoms with van der Waals surface area (Å²) < 4.78 is 7.73. The average Bonchev–Trinajstić information content (AvgIpc) is 4.21. The number of rotatable bonds is 22. The van der Waals surface area contributed by atoms with Gasteiger partial charge in [0.15, 0.2) is 0 Å². The van der Waals surface area contributed by atoms with Crippen molar-refractivity contribution in [2.45, 2.75) is 82.3 Å². The Morgan fingerprint density at radius 3 is 1.77 bits per heavy atom. The molecule has 2 aromatic heterocycles. The van der Waals surface area contributed by atoms with Crippen molar-refractivity contribution in [3.63, 3.8) is 0 Å². The van der Waals surface area contributed by atoms with Gasteiger partial charge in [0.05, 0.1) is 33.5 Å². The Hall–Kier alpha value is -7.03. The largest absolute Gasteiger partial charge is 0.444 e. The molecule has 3 heterocycles. The number of hydrogen-bond donors (Lipinski definition) is 3. The first kappa shape index (κ1) is 50.4. The molecule has 12 nitrogen and oxygen atoms in total. The molecule has 0 bridgehead atoms. The summed E-state index contributed by atoms with van der Waals surface area (Å²) in [6.07, 6.45) is 7.25. The van der Waals surface area contributed by atoms with Crippen LogP contribution in [0.15, 0.2) is 181 Å². The number of aromatic nitrogens is 3. The highest BCUT2D eigenvalue weighted by atomic mass is 32.2. The molecule has 0 saturated heterocycles. The Morgan fingerprint density at radius 1 is 0.732 bits per heavy atom. The number of ether oxygens (including phenoxy) is 1. The van der Waals surface area contributed by atoms with Crippen LogP contribution in [0.5, 0.6) is 0 Å². The Bertz CT molecular complexity index is 2680. The third kappa shape index (κ3) is 13.4. The van der Waals surface area contributed by atoms with Crippen LogP contribution in [0.25, 0.3) is 0 Å². The predicted molar refractivity (Wildman–Crippen MR) is 285 cm³/mol. The lowest BCUT2D eigenvalue weighted by Gasteiger charge is -2.37. The van der Waals surface area contributed by atoms with E-state index in [0.29, 0.717) is 43.8 Å². The fraction of sp³-hybridized carbons (Fsp3) is 0.298. The number of benzene rings is 5. The summed E-state index contributed by atoms with van der Waals surface area (Å²) in [5, 5.41) is 10.7. The van der Waals surface area contributed by atoms with Crippen LogP contribution in [-0.4, -0.2) is 86.0 Å². The van der Waals surface area contributed by atoms with Crippen molar-refractivity contribution in [3.8, 4) is 0 Å². The minimum atomic E-state index is -1.00. The van der Waals surface area contributed by atoms with Gasteiger partial charge in [-0.15, -0.1) is 23.1 Å². The normalized spacial score (nSPS) is 14.8. The number of thiazole rings is 1. The Kier molecular flexibility index (Phi) is 17.5. The van der Waals surface area contributed by atoms with Crippen LogP contribution in [-0.2, 0) is 40.9 Å². The highest BCUT2D eigenvalue weighted by Crippen LogP contribution is 2.41. The number of nitrogens with zero attached hydrogens (tertiary/aromatic N) is 5. The van der Waals surface area contributed by atoms with Crippen LogP contribution < -0.4 is 16.0 Å². The minimum Gasteiger partial charge on any atom is -0.444 e. The number of amides is 4. The van der Waals surface area contributed by atoms with Crippen LogP contribution in [0, 0.1) is 5.92 Å². The number of likely N-dealkylation sites (N-methyl/N-ethyl adjacent to an activating group) is 1. The summed E-state index contributed by atoms with van der Waals surface area (Å²) in [5.41, 5.74) is 6.74. The molecule has 3 N–H and O–H groups in total. The zero-order valence-electron chi connectivity index (χ0n) is 40.5. The lowest BCUT2D eigenvalue weighted by Crippen LogP contribution is -2.54. The van der Waals surface area contributed by atoms with E-state index in [2.05, 4.69) is 75.7 Å². The fourth-order valence-electron chi connectivity index (χ4n) is 9.17. The summed E-state index contributed by atoms with van der Waals surface area (Å²) in [4.78, 5) is 59.0. The third-order valence-corrected chi connectivity index (χ3v) is 14.9. The molecule has 366 valence electrons. The molecule has 4 atom stereocenters. The molecule has 0 aliphatic carbocycles. The van der Waals surface area contributed by atoms with Gasteiger partial charge in [0.2, 0.25) is 5.91 Å². The van der Waals surface area contributed by atoms with Crippen molar-refractivity contribution < 1.29 is 19.1 Å². The van der Waals surface area contributed by atoms with E-state index in [1.165, 1.54) is 11.3 Å². The topological polar surface area (TPSA) is 143 Å². The van der Waals surface area contributed by atoms with Crippen molar-refractivity contribution >= 4 is 46.2 Å². The van der Waals surface area contributed by atoms with Crippen molar-refractivity contribution in [2.75, 3.05) is 19.3 Å². The molecule has 14 heteroatoms. The maximum Gasteiger partial charge on any atom is 0.407 e. The first-order chi connectivity index (χ1) is 34.6. The molecule has 1 aliphatic heterocycles. The standard InChI is InChI=1S/C57H62N8O4S2/c1-41(2)54-61-50(38-70-54)35-64(3)55(67)63-52(33-49-36-65(39-59-49)57(44-23-13-6-14-24-44,45-25-15-7-16-26-45)46-27-17-8-18-28-46)53(66)60-47(31-42-19-9-4-10-20-42)29-30-48(32-43-21-11-5-12-22-43)62-56(68)69-37-51-34-58-40-71-51/h4-28,34,36,39-41,47-48,50,52H,29-33,35,37-38H2,1-3H3,(H,60,66)(H,62,68)(H,63,67). The Balaban J connectivity index is 1.08. The van der Waals surface area contributed by atoms with Gasteiger partial charge in [-0.3, -0.25) is 14.8 Å². The molecule has 7 aromatic rings. The molecular formula is C57H62N8O4S2. The summed E-state index contributed by atoms with van der Waals surface area (Å²) in [6.45, 7) is 4.79. The fourth-order valence-corrected chi connectivity index (χ4v) is 10.8. The molecule has 0 saturated carbocycles. The smallest absolute Gasteiger partial charge is 0.407 e. The maximum absolute atomic E-state index is 15.1. The molecule has 0 fully saturated rings. The van der Waals surface area contributed by atoms with Gasteiger partial charge < -0.3 is 30.2 Å². The van der Waals surface area contributed by atoms with E-state index in [0.717, 1.165) is 43.5 Å². The lowest BCUT2D eigenvalue weighted by molar-refractivity contribution is -0.123. The summed E-state index contributed by atoms with van der Waals surface area (Å²) in [5.74, 6) is 0.775. The number of aliphatic imine (C=N–C) groups is 1. The molecule has 5 aromatic carbocycles. The number of urea groups is 1. The SMILES string of the molecule is CC(C)C1=NC(CN(C)C(=O)NC(Cc2cn(C(c3ccccc3)(c3ccccc3)c3ccccc3)cn2)C(=O)NC(CCC(Cc2ccccc2)NC(=O)OCc2cncs2)Cc2ccccc2)CS1. The van der Waals surface area contributed by atoms with Crippen molar-refractivity contribution in [1.29, 1.82) is 0 Å².